The van der Waals surface area contributed by atoms with Crippen molar-refractivity contribution >= 4 is 18.3 Å². The summed E-state index contributed by atoms with van der Waals surface area (Å²) >= 11 is 0. The monoisotopic (exact) mass is 326 g/mol. The lowest BCUT2D eigenvalue weighted by Crippen LogP contribution is -2.47. The van der Waals surface area contributed by atoms with Crippen LogP contribution in [-0.2, 0) is 4.79 Å². The van der Waals surface area contributed by atoms with Gasteiger partial charge in [-0.2, -0.15) is 0 Å². The van der Waals surface area contributed by atoms with Crippen LogP contribution in [0.4, 0.5) is 0 Å². The third-order valence-corrected chi connectivity index (χ3v) is 4.37. The second-order valence-corrected chi connectivity index (χ2v) is 5.82. The number of hydrogen-bond acceptors (Lipinski definition) is 3. The van der Waals surface area contributed by atoms with Crippen LogP contribution in [-0.4, -0.2) is 37.0 Å². The number of methoxy groups -OCH3 is 1. The average Bonchev–Trinajstić information content (AvgIpc) is 2.54. The highest BCUT2D eigenvalue weighted by Gasteiger charge is 2.27. The summed E-state index contributed by atoms with van der Waals surface area (Å²) in [6, 6.07) is 8.14. The lowest BCUT2D eigenvalue weighted by molar-refractivity contribution is -0.135. The molecule has 1 aliphatic heterocycles. The number of likely N-dealkylation sites (tertiary alicyclic amines) is 1. The minimum atomic E-state index is 0. The lowest BCUT2D eigenvalue weighted by Gasteiger charge is -2.35. The molecule has 2 unspecified atom stereocenters. The molecule has 1 aromatic rings. The fourth-order valence-corrected chi connectivity index (χ4v) is 3.14. The van der Waals surface area contributed by atoms with Gasteiger partial charge in [-0.3, -0.25) is 4.79 Å². The number of carbonyl (C=O) groups excluding carboxylic acids is 1. The standard InChI is InChI=1S/C17H26N2O2.ClH/c1-13(15-8-3-4-9-16(15)21-2)11-17(20)19-10-6-5-7-14(19)12-18;/h3-4,8-9,13-14H,5-7,10-12,18H2,1-2H3;1H. The smallest absolute Gasteiger partial charge is 0.223 e. The van der Waals surface area contributed by atoms with E-state index >= 15 is 0 Å². The Morgan fingerprint density at radius 3 is 2.82 bits per heavy atom. The molecule has 1 aromatic carbocycles. The molecule has 124 valence electrons. The van der Waals surface area contributed by atoms with Crippen LogP contribution in [0.25, 0.3) is 0 Å². The van der Waals surface area contributed by atoms with Crippen LogP contribution in [0.5, 0.6) is 5.75 Å². The summed E-state index contributed by atoms with van der Waals surface area (Å²) in [4.78, 5) is 14.6. The Hall–Kier alpha value is -1.26. The molecule has 2 atom stereocenters. The van der Waals surface area contributed by atoms with Gasteiger partial charge in [-0.15, -0.1) is 12.4 Å². The van der Waals surface area contributed by atoms with Crippen LogP contribution in [0, 0.1) is 0 Å². The van der Waals surface area contributed by atoms with Gasteiger partial charge >= 0.3 is 0 Å². The highest BCUT2D eigenvalue weighted by molar-refractivity contribution is 5.85. The third-order valence-electron chi connectivity index (χ3n) is 4.37. The summed E-state index contributed by atoms with van der Waals surface area (Å²) in [5.74, 6) is 1.21. The third kappa shape index (κ3) is 4.37. The van der Waals surface area contributed by atoms with Crippen molar-refractivity contribution in [2.75, 3.05) is 20.2 Å². The van der Waals surface area contributed by atoms with Gasteiger partial charge in [-0.05, 0) is 36.8 Å². The number of hydrogen-bond donors (Lipinski definition) is 1. The molecule has 1 amide bonds. The normalized spacial score (nSPS) is 19.2. The molecule has 0 radical (unpaired) electrons. The van der Waals surface area contributed by atoms with Gasteiger partial charge in [0.15, 0.2) is 0 Å². The Morgan fingerprint density at radius 1 is 1.41 bits per heavy atom. The number of nitrogens with zero attached hydrogens (tertiary/aromatic N) is 1. The summed E-state index contributed by atoms with van der Waals surface area (Å²) < 4.78 is 5.39. The van der Waals surface area contributed by atoms with Crippen LogP contribution in [0.2, 0.25) is 0 Å². The predicted molar refractivity (Wildman–Crippen MR) is 91.7 cm³/mol. The van der Waals surface area contributed by atoms with Gasteiger partial charge in [-0.25, -0.2) is 0 Å². The van der Waals surface area contributed by atoms with E-state index in [4.69, 9.17) is 10.5 Å². The average molecular weight is 327 g/mol. The number of piperidine rings is 1. The fraction of sp³-hybridized carbons (Fsp3) is 0.588. The SMILES string of the molecule is COc1ccccc1C(C)CC(=O)N1CCCCC1CN.Cl. The Morgan fingerprint density at radius 2 is 2.14 bits per heavy atom. The minimum Gasteiger partial charge on any atom is -0.496 e. The number of benzene rings is 1. The molecule has 5 heteroatoms. The largest absolute Gasteiger partial charge is 0.496 e. The maximum Gasteiger partial charge on any atom is 0.223 e. The zero-order chi connectivity index (χ0) is 15.2. The first-order valence-electron chi connectivity index (χ1n) is 7.79. The summed E-state index contributed by atoms with van der Waals surface area (Å²) in [7, 11) is 1.67. The van der Waals surface area contributed by atoms with Crippen molar-refractivity contribution in [3.05, 3.63) is 29.8 Å². The number of rotatable bonds is 5. The predicted octanol–water partition coefficient (Wildman–Crippen LogP) is 2.95. The van der Waals surface area contributed by atoms with E-state index in [0.717, 1.165) is 30.7 Å². The van der Waals surface area contributed by atoms with Gasteiger partial charge in [-0.1, -0.05) is 25.1 Å². The molecular formula is C17H27ClN2O2. The summed E-state index contributed by atoms with van der Waals surface area (Å²) in [5.41, 5.74) is 6.90. The van der Waals surface area contributed by atoms with E-state index in [1.807, 2.05) is 29.2 Å². The summed E-state index contributed by atoms with van der Waals surface area (Å²) in [6.45, 7) is 3.49. The van der Waals surface area contributed by atoms with Crippen LogP contribution in [0.1, 0.15) is 44.1 Å². The first kappa shape index (κ1) is 18.8. The highest BCUT2D eigenvalue weighted by atomic mass is 35.5. The van der Waals surface area contributed by atoms with E-state index in [1.165, 1.54) is 6.42 Å². The highest BCUT2D eigenvalue weighted by Crippen LogP contribution is 2.29. The molecule has 2 N–H and O–H groups in total. The minimum absolute atomic E-state index is 0. The van der Waals surface area contributed by atoms with E-state index in [9.17, 15) is 4.79 Å². The molecule has 1 aliphatic rings. The molecule has 0 spiro atoms. The quantitative estimate of drug-likeness (QED) is 0.905. The molecular weight excluding hydrogens is 300 g/mol. The maximum absolute atomic E-state index is 12.6. The molecule has 1 saturated heterocycles. The van der Waals surface area contributed by atoms with Gasteiger partial charge in [0.1, 0.15) is 5.75 Å². The number of nitrogens with two attached hydrogens (primary N) is 1. The van der Waals surface area contributed by atoms with Crippen molar-refractivity contribution in [1.82, 2.24) is 4.90 Å². The first-order chi connectivity index (χ1) is 10.2. The van der Waals surface area contributed by atoms with E-state index in [-0.39, 0.29) is 30.3 Å². The fourth-order valence-electron chi connectivity index (χ4n) is 3.14. The molecule has 1 fully saturated rings. The van der Waals surface area contributed by atoms with Gasteiger partial charge in [0.05, 0.1) is 7.11 Å². The molecule has 0 aromatic heterocycles. The number of amides is 1. The van der Waals surface area contributed by atoms with Gasteiger partial charge in [0.2, 0.25) is 5.91 Å². The van der Waals surface area contributed by atoms with Crippen LogP contribution in [0.3, 0.4) is 0 Å². The van der Waals surface area contributed by atoms with Gasteiger partial charge < -0.3 is 15.4 Å². The van der Waals surface area contributed by atoms with Crippen molar-refractivity contribution < 1.29 is 9.53 Å². The van der Waals surface area contributed by atoms with Crippen LogP contribution < -0.4 is 10.5 Å². The molecule has 2 rings (SSSR count). The zero-order valence-corrected chi connectivity index (χ0v) is 14.3. The molecule has 0 saturated carbocycles. The maximum atomic E-state index is 12.6. The number of halogens is 1. The molecule has 0 aliphatic carbocycles. The van der Waals surface area contributed by atoms with E-state index in [0.29, 0.717) is 13.0 Å². The lowest BCUT2D eigenvalue weighted by atomic mass is 9.94. The van der Waals surface area contributed by atoms with Crippen molar-refractivity contribution in [1.29, 1.82) is 0 Å². The molecule has 22 heavy (non-hydrogen) atoms. The Bertz CT molecular complexity index is 481. The number of carbonyl (C=O) groups is 1. The van der Waals surface area contributed by atoms with Gasteiger partial charge in [0, 0.05) is 25.6 Å². The summed E-state index contributed by atoms with van der Waals surface area (Å²) in [6.07, 6.45) is 3.81. The topological polar surface area (TPSA) is 55.6 Å². The van der Waals surface area contributed by atoms with Gasteiger partial charge in [0.25, 0.3) is 0 Å². The van der Waals surface area contributed by atoms with Crippen LogP contribution >= 0.6 is 12.4 Å². The Labute approximate surface area is 139 Å². The molecule has 0 bridgehead atoms. The van der Waals surface area contributed by atoms with E-state index < -0.39 is 0 Å². The second-order valence-electron chi connectivity index (χ2n) is 5.82. The zero-order valence-electron chi connectivity index (χ0n) is 13.5. The van der Waals surface area contributed by atoms with Crippen molar-refractivity contribution in [3.8, 4) is 5.75 Å². The Balaban J connectivity index is 0.00000242. The van der Waals surface area contributed by atoms with Crippen LogP contribution in [0.15, 0.2) is 24.3 Å². The second kappa shape index (κ2) is 9.01. The van der Waals surface area contributed by atoms with E-state index in [1.54, 1.807) is 7.11 Å². The van der Waals surface area contributed by atoms with Crippen molar-refractivity contribution in [2.45, 2.75) is 44.6 Å². The number of ether oxygens (including phenoxy) is 1. The van der Waals surface area contributed by atoms with Crippen molar-refractivity contribution in [3.63, 3.8) is 0 Å². The van der Waals surface area contributed by atoms with E-state index in [2.05, 4.69) is 6.92 Å². The number of para-hydroxylation sites is 1. The van der Waals surface area contributed by atoms with Crippen molar-refractivity contribution in [2.24, 2.45) is 5.73 Å². The molecule has 4 nitrogen and oxygen atoms in total. The first-order valence-corrected chi connectivity index (χ1v) is 7.79. The summed E-state index contributed by atoms with van der Waals surface area (Å²) in [5, 5.41) is 0. The molecule has 1 heterocycles. The Kier molecular flexibility index (Phi) is 7.69.